The molecule has 3 aliphatic rings. The smallest absolute Gasteiger partial charge is 0.0710 e. The first-order valence-corrected chi connectivity index (χ1v) is 7.49. The third-order valence-electron chi connectivity index (χ3n) is 5.51. The molecule has 4 nitrogen and oxygen atoms in total. The van der Waals surface area contributed by atoms with E-state index in [1.54, 1.807) is 0 Å². The van der Waals surface area contributed by atoms with Crippen molar-refractivity contribution in [3.63, 3.8) is 0 Å². The number of nitrogens with zero attached hydrogens (tertiary/aromatic N) is 2. The standard InChI is InChI=1S/C14H27N3O/c1-18-13-4-7-17(10-13)14(11-15)5-8-16-6-2-3-12(16)9-14/h12-13H,2-11,15H2,1H3. The van der Waals surface area contributed by atoms with Gasteiger partial charge in [-0.25, -0.2) is 0 Å². The molecule has 0 aromatic heterocycles. The zero-order valence-corrected chi connectivity index (χ0v) is 11.6. The van der Waals surface area contributed by atoms with Gasteiger partial charge in [0.1, 0.15) is 0 Å². The summed E-state index contributed by atoms with van der Waals surface area (Å²) in [6.07, 6.45) is 6.88. The van der Waals surface area contributed by atoms with Crippen molar-refractivity contribution in [3.05, 3.63) is 0 Å². The van der Waals surface area contributed by atoms with E-state index in [2.05, 4.69) is 9.80 Å². The Balaban J connectivity index is 1.70. The van der Waals surface area contributed by atoms with Gasteiger partial charge in [-0.1, -0.05) is 0 Å². The van der Waals surface area contributed by atoms with Crippen LogP contribution in [0.4, 0.5) is 0 Å². The fraction of sp³-hybridized carbons (Fsp3) is 1.00. The molecule has 0 aromatic carbocycles. The topological polar surface area (TPSA) is 41.7 Å². The minimum absolute atomic E-state index is 0.263. The fourth-order valence-electron chi connectivity index (χ4n) is 4.27. The van der Waals surface area contributed by atoms with Crippen LogP contribution >= 0.6 is 0 Å². The molecule has 0 aromatic rings. The van der Waals surface area contributed by atoms with Crippen LogP contribution in [0.5, 0.6) is 0 Å². The van der Waals surface area contributed by atoms with E-state index in [-0.39, 0.29) is 5.54 Å². The van der Waals surface area contributed by atoms with Gasteiger partial charge in [0.2, 0.25) is 0 Å². The number of hydrogen-bond acceptors (Lipinski definition) is 4. The molecule has 3 aliphatic heterocycles. The number of rotatable bonds is 3. The molecule has 2 N–H and O–H groups in total. The van der Waals surface area contributed by atoms with E-state index in [1.165, 1.54) is 51.7 Å². The first-order chi connectivity index (χ1) is 8.77. The van der Waals surface area contributed by atoms with Crippen molar-refractivity contribution >= 4 is 0 Å². The third-order valence-corrected chi connectivity index (χ3v) is 5.51. The van der Waals surface area contributed by atoms with Gasteiger partial charge in [-0.2, -0.15) is 0 Å². The average molecular weight is 253 g/mol. The maximum absolute atomic E-state index is 6.19. The van der Waals surface area contributed by atoms with Gasteiger partial charge in [0.05, 0.1) is 6.10 Å². The minimum atomic E-state index is 0.263. The second-order valence-corrected chi connectivity index (χ2v) is 6.31. The second-order valence-electron chi connectivity index (χ2n) is 6.31. The van der Waals surface area contributed by atoms with Crippen LogP contribution in [0.15, 0.2) is 0 Å². The summed E-state index contributed by atoms with van der Waals surface area (Å²) in [5, 5.41) is 0. The normalized spacial score (nSPS) is 42.3. The van der Waals surface area contributed by atoms with E-state index in [0.29, 0.717) is 6.10 Å². The molecule has 0 aliphatic carbocycles. The SMILES string of the molecule is COC1CCN(C2(CN)CCN3CCCC3C2)C1. The molecule has 3 rings (SSSR count). The summed E-state index contributed by atoms with van der Waals surface area (Å²) in [7, 11) is 1.84. The zero-order chi connectivity index (χ0) is 12.6. The molecular weight excluding hydrogens is 226 g/mol. The lowest BCUT2D eigenvalue weighted by Crippen LogP contribution is -2.60. The van der Waals surface area contributed by atoms with Crippen LogP contribution in [0, 0.1) is 0 Å². The molecular formula is C14H27N3O. The Labute approximate surface area is 110 Å². The molecule has 104 valence electrons. The number of fused-ring (bicyclic) bond motifs is 1. The summed E-state index contributed by atoms with van der Waals surface area (Å²) in [5.41, 5.74) is 6.45. The molecule has 18 heavy (non-hydrogen) atoms. The van der Waals surface area contributed by atoms with Crippen LogP contribution in [0.3, 0.4) is 0 Å². The molecule has 0 spiro atoms. The number of hydrogen-bond donors (Lipinski definition) is 1. The molecule has 3 saturated heterocycles. The lowest BCUT2D eigenvalue weighted by molar-refractivity contribution is 0.0128. The highest BCUT2D eigenvalue weighted by Crippen LogP contribution is 2.38. The Morgan fingerprint density at radius 1 is 1.28 bits per heavy atom. The Kier molecular flexibility index (Phi) is 3.63. The van der Waals surface area contributed by atoms with Gasteiger partial charge >= 0.3 is 0 Å². The minimum Gasteiger partial charge on any atom is -0.380 e. The number of nitrogens with two attached hydrogens (primary N) is 1. The van der Waals surface area contributed by atoms with E-state index in [0.717, 1.165) is 19.1 Å². The van der Waals surface area contributed by atoms with Crippen molar-refractivity contribution < 1.29 is 4.74 Å². The first kappa shape index (κ1) is 12.9. The highest BCUT2D eigenvalue weighted by atomic mass is 16.5. The first-order valence-electron chi connectivity index (χ1n) is 7.49. The van der Waals surface area contributed by atoms with E-state index < -0.39 is 0 Å². The molecule has 3 fully saturated rings. The molecule has 0 radical (unpaired) electrons. The zero-order valence-electron chi connectivity index (χ0n) is 11.6. The van der Waals surface area contributed by atoms with E-state index >= 15 is 0 Å². The van der Waals surface area contributed by atoms with E-state index in [9.17, 15) is 0 Å². The van der Waals surface area contributed by atoms with Gasteiger partial charge < -0.3 is 15.4 Å². The molecule has 3 unspecified atom stereocenters. The summed E-state index contributed by atoms with van der Waals surface area (Å²) in [5.74, 6) is 0. The Hall–Kier alpha value is -0.160. The monoisotopic (exact) mass is 253 g/mol. The second kappa shape index (κ2) is 5.08. The van der Waals surface area contributed by atoms with Crippen molar-refractivity contribution in [3.8, 4) is 0 Å². The van der Waals surface area contributed by atoms with Crippen LogP contribution in [-0.2, 0) is 4.74 Å². The average Bonchev–Trinajstić information content (AvgIpc) is 3.06. The van der Waals surface area contributed by atoms with Crippen LogP contribution in [0.1, 0.15) is 32.1 Å². The number of ether oxygens (including phenoxy) is 1. The van der Waals surface area contributed by atoms with Crippen LogP contribution in [0.2, 0.25) is 0 Å². The largest absolute Gasteiger partial charge is 0.380 e. The van der Waals surface area contributed by atoms with Crippen LogP contribution in [-0.4, -0.2) is 67.3 Å². The number of likely N-dealkylation sites (tertiary alicyclic amines) is 1. The molecule has 4 heteroatoms. The summed E-state index contributed by atoms with van der Waals surface area (Å²) in [6, 6.07) is 0.795. The van der Waals surface area contributed by atoms with Gasteiger partial charge in [0.15, 0.2) is 0 Å². The lowest BCUT2D eigenvalue weighted by Gasteiger charge is -2.49. The third kappa shape index (κ3) is 2.09. The summed E-state index contributed by atoms with van der Waals surface area (Å²) < 4.78 is 5.52. The number of methoxy groups -OCH3 is 1. The van der Waals surface area contributed by atoms with Crippen molar-refractivity contribution in [2.45, 2.75) is 49.8 Å². The van der Waals surface area contributed by atoms with Crippen molar-refractivity contribution in [2.24, 2.45) is 5.73 Å². The predicted octanol–water partition coefficient (Wildman–Crippen LogP) is 0.663. The molecule has 0 saturated carbocycles. The Morgan fingerprint density at radius 2 is 2.17 bits per heavy atom. The predicted molar refractivity (Wildman–Crippen MR) is 72.6 cm³/mol. The summed E-state index contributed by atoms with van der Waals surface area (Å²) in [4.78, 5) is 5.31. The Bertz CT molecular complexity index is 299. The van der Waals surface area contributed by atoms with E-state index in [1.807, 2.05) is 7.11 Å². The fourth-order valence-corrected chi connectivity index (χ4v) is 4.27. The molecule has 3 atom stereocenters. The van der Waals surface area contributed by atoms with Crippen molar-refractivity contribution in [1.82, 2.24) is 9.80 Å². The van der Waals surface area contributed by atoms with E-state index in [4.69, 9.17) is 10.5 Å². The van der Waals surface area contributed by atoms with Gasteiger partial charge in [-0.3, -0.25) is 4.90 Å². The highest BCUT2D eigenvalue weighted by molar-refractivity contribution is 5.03. The molecule has 3 heterocycles. The number of piperidine rings is 1. The maximum Gasteiger partial charge on any atom is 0.0710 e. The van der Waals surface area contributed by atoms with Gasteiger partial charge in [-0.15, -0.1) is 0 Å². The molecule has 0 bridgehead atoms. The molecule has 0 amide bonds. The van der Waals surface area contributed by atoms with Crippen LogP contribution < -0.4 is 5.73 Å². The quantitative estimate of drug-likeness (QED) is 0.802. The lowest BCUT2D eigenvalue weighted by atomic mass is 9.82. The van der Waals surface area contributed by atoms with Gasteiger partial charge in [-0.05, 0) is 38.6 Å². The summed E-state index contributed by atoms with van der Waals surface area (Å²) in [6.45, 7) is 5.62. The van der Waals surface area contributed by atoms with Gasteiger partial charge in [0, 0.05) is 44.9 Å². The summed E-state index contributed by atoms with van der Waals surface area (Å²) >= 11 is 0. The maximum atomic E-state index is 6.19. The van der Waals surface area contributed by atoms with Crippen molar-refractivity contribution in [1.29, 1.82) is 0 Å². The van der Waals surface area contributed by atoms with Crippen molar-refractivity contribution in [2.75, 3.05) is 39.8 Å². The Morgan fingerprint density at radius 3 is 2.89 bits per heavy atom. The highest BCUT2D eigenvalue weighted by Gasteiger charge is 2.46. The van der Waals surface area contributed by atoms with Crippen LogP contribution in [0.25, 0.3) is 0 Å². The van der Waals surface area contributed by atoms with Gasteiger partial charge in [0.25, 0.3) is 0 Å².